The highest BCUT2D eigenvalue weighted by atomic mass is 15.1. The van der Waals surface area contributed by atoms with Crippen LogP contribution in [0.2, 0.25) is 0 Å². The van der Waals surface area contributed by atoms with Crippen LogP contribution in [-0.2, 0) is 18.4 Å². The van der Waals surface area contributed by atoms with E-state index in [2.05, 4.69) is 76.6 Å². The van der Waals surface area contributed by atoms with Crippen LogP contribution in [0.4, 0.5) is 0 Å². The van der Waals surface area contributed by atoms with E-state index in [1.54, 1.807) is 11.1 Å². The van der Waals surface area contributed by atoms with Gasteiger partial charge in [-0.2, -0.15) is 0 Å². The molecule has 0 unspecified atom stereocenters. The van der Waals surface area contributed by atoms with E-state index in [-0.39, 0.29) is 0 Å². The molecule has 1 spiro atoms. The molecular weight excluding hydrogens is 340 g/mol. The fraction of sp³-hybridized carbons (Fsp3) is 0.308. The molecule has 2 nitrogen and oxygen atoms in total. The summed E-state index contributed by atoms with van der Waals surface area (Å²) >= 11 is 0. The van der Waals surface area contributed by atoms with Crippen molar-refractivity contribution < 1.29 is 0 Å². The van der Waals surface area contributed by atoms with Crippen LogP contribution in [0.1, 0.15) is 36.0 Å². The first-order chi connectivity index (χ1) is 13.8. The second-order valence-corrected chi connectivity index (χ2v) is 8.76. The number of H-pyrrole nitrogens is 1. The number of rotatable bonds is 2. The molecule has 1 N–H and O–H groups in total. The molecule has 0 amide bonds. The molecule has 0 bridgehead atoms. The van der Waals surface area contributed by atoms with Crippen molar-refractivity contribution in [2.75, 3.05) is 13.1 Å². The van der Waals surface area contributed by atoms with E-state index in [0.717, 1.165) is 6.54 Å². The topological polar surface area (TPSA) is 19.0 Å². The Bertz CT molecular complexity index is 1160. The van der Waals surface area contributed by atoms with Gasteiger partial charge in [-0.25, -0.2) is 0 Å². The van der Waals surface area contributed by atoms with Gasteiger partial charge in [0, 0.05) is 28.4 Å². The number of nitrogens with one attached hydrogen (secondary N) is 1. The minimum Gasteiger partial charge on any atom is -0.355 e. The molecule has 2 aliphatic rings. The third kappa shape index (κ3) is 2.51. The van der Waals surface area contributed by atoms with E-state index in [4.69, 9.17) is 0 Å². The van der Waals surface area contributed by atoms with Crippen molar-refractivity contribution in [3.05, 3.63) is 83.4 Å². The van der Waals surface area contributed by atoms with Crippen LogP contribution in [0.15, 0.2) is 66.7 Å². The summed E-state index contributed by atoms with van der Waals surface area (Å²) in [5.41, 5.74) is 7.60. The zero-order chi connectivity index (χ0) is 18.6. The van der Waals surface area contributed by atoms with Crippen molar-refractivity contribution in [3.8, 4) is 0 Å². The number of hydrogen-bond acceptors (Lipinski definition) is 1. The second kappa shape index (κ2) is 6.22. The molecule has 4 aromatic rings. The Morgan fingerprint density at radius 3 is 2.50 bits per heavy atom. The summed E-state index contributed by atoms with van der Waals surface area (Å²) in [5, 5.41) is 2.69. The predicted octanol–water partition coefficient (Wildman–Crippen LogP) is 5.80. The van der Waals surface area contributed by atoms with Gasteiger partial charge in [0.1, 0.15) is 0 Å². The lowest BCUT2D eigenvalue weighted by molar-refractivity contribution is 0.152. The molecule has 2 heterocycles. The Kier molecular flexibility index (Phi) is 3.64. The molecule has 1 aliphatic carbocycles. The highest BCUT2D eigenvalue weighted by Gasteiger charge is 2.40. The summed E-state index contributed by atoms with van der Waals surface area (Å²) in [4.78, 5) is 6.19. The molecule has 28 heavy (non-hydrogen) atoms. The van der Waals surface area contributed by atoms with Crippen LogP contribution < -0.4 is 0 Å². The summed E-state index contributed by atoms with van der Waals surface area (Å²) in [6.07, 6.45) is 5.23. The van der Waals surface area contributed by atoms with Crippen LogP contribution >= 0.6 is 0 Å². The summed E-state index contributed by atoms with van der Waals surface area (Å²) in [6, 6.07) is 24.7. The Morgan fingerprint density at radius 2 is 1.57 bits per heavy atom. The van der Waals surface area contributed by atoms with Crippen LogP contribution in [0.3, 0.4) is 0 Å². The van der Waals surface area contributed by atoms with Crippen molar-refractivity contribution in [2.24, 2.45) is 0 Å². The average Bonchev–Trinajstić information content (AvgIpc) is 3.29. The second-order valence-electron chi connectivity index (χ2n) is 8.76. The standard InChI is InChI=1S/C26H26N2/c1-3-7-23-20(5-1)11-12-26(23)13-15-28(16-14-26)18-19-9-10-25-22(17-19)21-6-2-4-8-24(21)27-25/h1-10,17,27H,11-16,18H2. The summed E-state index contributed by atoms with van der Waals surface area (Å²) < 4.78 is 0. The molecule has 0 atom stereocenters. The van der Waals surface area contributed by atoms with Crippen molar-refractivity contribution in [2.45, 2.75) is 37.6 Å². The monoisotopic (exact) mass is 366 g/mol. The number of aryl methyl sites for hydroxylation is 1. The lowest BCUT2D eigenvalue weighted by atomic mass is 9.74. The molecule has 1 aliphatic heterocycles. The largest absolute Gasteiger partial charge is 0.355 e. The lowest BCUT2D eigenvalue weighted by Crippen LogP contribution is -2.41. The van der Waals surface area contributed by atoms with Gasteiger partial charge >= 0.3 is 0 Å². The quantitative estimate of drug-likeness (QED) is 0.475. The van der Waals surface area contributed by atoms with Crippen molar-refractivity contribution in [1.29, 1.82) is 0 Å². The minimum absolute atomic E-state index is 0.452. The van der Waals surface area contributed by atoms with Crippen LogP contribution in [0.5, 0.6) is 0 Å². The van der Waals surface area contributed by atoms with Crippen molar-refractivity contribution >= 4 is 21.8 Å². The van der Waals surface area contributed by atoms with E-state index in [1.807, 2.05) is 0 Å². The Balaban J connectivity index is 1.22. The van der Waals surface area contributed by atoms with Gasteiger partial charge < -0.3 is 4.98 Å². The smallest absolute Gasteiger partial charge is 0.0465 e. The molecule has 1 aromatic heterocycles. The first kappa shape index (κ1) is 16.4. The van der Waals surface area contributed by atoms with E-state index in [0.29, 0.717) is 5.41 Å². The van der Waals surface area contributed by atoms with Gasteiger partial charge in [-0.15, -0.1) is 0 Å². The number of hydrogen-bond donors (Lipinski definition) is 1. The SMILES string of the molecule is c1ccc2c(c1)CCC21CCN(Cc2ccc3[nH]c4ccccc4c3c2)CC1. The Morgan fingerprint density at radius 1 is 0.786 bits per heavy atom. The molecule has 0 saturated carbocycles. The number of fused-ring (bicyclic) bond motifs is 5. The van der Waals surface area contributed by atoms with E-state index >= 15 is 0 Å². The first-order valence-electron chi connectivity index (χ1n) is 10.6. The minimum atomic E-state index is 0.452. The maximum absolute atomic E-state index is 3.54. The predicted molar refractivity (Wildman–Crippen MR) is 117 cm³/mol. The maximum Gasteiger partial charge on any atom is 0.0465 e. The first-order valence-corrected chi connectivity index (χ1v) is 10.6. The molecule has 3 aromatic carbocycles. The molecule has 0 radical (unpaired) electrons. The molecular formula is C26H26N2. The van der Waals surface area contributed by atoms with E-state index < -0.39 is 0 Å². The normalized spacial score (nSPS) is 18.9. The lowest BCUT2D eigenvalue weighted by Gasteiger charge is -2.40. The van der Waals surface area contributed by atoms with Gasteiger partial charge in [0.05, 0.1) is 0 Å². The molecule has 2 heteroatoms. The number of piperidine rings is 1. The maximum atomic E-state index is 3.54. The third-order valence-electron chi connectivity index (χ3n) is 7.25. The average molecular weight is 367 g/mol. The molecule has 1 saturated heterocycles. The number of aromatic nitrogens is 1. The number of aromatic amines is 1. The fourth-order valence-electron chi connectivity index (χ4n) is 5.67. The number of likely N-dealkylation sites (tertiary alicyclic amines) is 1. The summed E-state index contributed by atoms with van der Waals surface area (Å²) in [5.74, 6) is 0. The molecule has 6 rings (SSSR count). The summed E-state index contributed by atoms with van der Waals surface area (Å²) in [7, 11) is 0. The van der Waals surface area contributed by atoms with Gasteiger partial charge in [-0.05, 0) is 79.1 Å². The van der Waals surface area contributed by atoms with Gasteiger partial charge in [0.25, 0.3) is 0 Å². The molecule has 140 valence electrons. The van der Waals surface area contributed by atoms with Crippen LogP contribution in [0.25, 0.3) is 21.8 Å². The zero-order valence-electron chi connectivity index (χ0n) is 16.2. The zero-order valence-corrected chi connectivity index (χ0v) is 16.2. The van der Waals surface area contributed by atoms with Crippen LogP contribution in [-0.4, -0.2) is 23.0 Å². The van der Waals surface area contributed by atoms with Crippen molar-refractivity contribution in [1.82, 2.24) is 9.88 Å². The number of benzene rings is 3. The van der Waals surface area contributed by atoms with Gasteiger partial charge in [-0.1, -0.05) is 48.5 Å². The Labute approximate surface area is 166 Å². The van der Waals surface area contributed by atoms with E-state index in [9.17, 15) is 0 Å². The fourth-order valence-corrected chi connectivity index (χ4v) is 5.67. The van der Waals surface area contributed by atoms with Gasteiger partial charge in [-0.3, -0.25) is 4.90 Å². The molecule has 1 fully saturated rings. The number of para-hydroxylation sites is 1. The van der Waals surface area contributed by atoms with E-state index in [1.165, 1.54) is 66.1 Å². The third-order valence-corrected chi connectivity index (χ3v) is 7.25. The van der Waals surface area contributed by atoms with Gasteiger partial charge in [0.2, 0.25) is 0 Å². The highest BCUT2D eigenvalue weighted by Crippen LogP contribution is 2.46. The van der Waals surface area contributed by atoms with Crippen LogP contribution in [0, 0.1) is 0 Å². The Hall–Kier alpha value is -2.58. The van der Waals surface area contributed by atoms with Crippen molar-refractivity contribution in [3.63, 3.8) is 0 Å². The summed E-state index contributed by atoms with van der Waals surface area (Å²) in [6.45, 7) is 3.48. The van der Waals surface area contributed by atoms with Gasteiger partial charge in [0.15, 0.2) is 0 Å². The highest BCUT2D eigenvalue weighted by molar-refractivity contribution is 6.07. The number of nitrogens with zero attached hydrogens (tertiary/aromatic N) is 1.